The molecule has 3 aromatic rings. The van der Waals surface area contributed by atoms with Crippen LogP contribution in [0.5, 0.6) is 0 Å². The van der Waals surface area contributed by atoms with Crippen LogP contribution in [0, 0.1) is 0 Å². The normalized spacial score (nSPS) is 16.3. The van der Waals surface area contributed by atoms with Gasteiger partial charge in [0.05, 0.1) is 17.0 Å². The van der Waals surface area contributed by atoms with E-state index in [4.69, 9.17) is 16.6 Å². The number of hydrogen-bond donors (Lipinski definition) is 2. The monoisotopic (exact) mass is 624 g/mol. The molecule has 228 valence electrons. The van der Waals surface area contributed by atoms with E-state index in [1.54, 1.807) is 12.1 Å². The fourth-order valence-corrected chi connectivity index (χ4v) is 5.96. The molecule has 0 spiro atoms. The number of piperazine rings is 1. The number of carbonyl (C=O) groups excluding carboxylic acids is 1. The lowest BCUT2D eigenvalue weighted by atomic mass is 10.0. The summed E-state index contributed by atoms with van der Waals surface area (Å²) in [5.41, 5.74) is 6.52. The van der Waals surface area contributed by atoms with Crippen molar-refractivity contribution in [2.24, 2.45) is 0 Å². The molecule has 1 aliphatic heterocycles. The molecule has 1 fully saturated rings. The van der Waals surface area contributed by atoms with Gasteiger partial charge in [0.1, 0.15) is 5.01 Å². The van der Waals surface area contributed by atoms with Crippen LogP contribution in [0.1, 0.15) is 63.6 Å². The minimum Gasteiger partial charge on any atom is -0.355 e. The Kier molecular flexibility index (Phi) is 11.3. The maximum atomic E-state index is 14.3. The van der Waals surface area contributed by atoms with Gasteiger partial charge in [0.25, 0.3) is 12.3 Å². The Morgan fingerprint density at radius 3 is 2.58 bits per heavy atom. The van der Waals surface area contributed by atoms with Crippen molar-refractivity contribution in [3.63, 3.8) is 0 Å². The Morgan fingerprint density at radius 1 is 1.19 bits per heavy atom. The first-order chi connectivity index (χ1) is 20.6. The lowest BCUT2D eigenvalue weighted by molar-refractivity contribution is -0.129. The molecule has 0 saturated carbocycles. The molecule has 0 bridgehead atoms. The highest BCUT2D eigenvalue weighted by Crippen LogP contribution is 2.31. The molecule has 2 N–H and O–H groups in total. The van der Waals surface area contributed by atoms with E-state index in [-0.39, 0.29) is 17.5 Å². The number of anilines is 1. The van der Waals surface area contributed by atoms with Crippen LogP contribution in [0.3, 0.4) is 0 Å². The molecule has 9 heteroatoms. The van der Waals surface area contributed by atoms with Gasteiger partial charge in [-0.15, -0.1) is 11.3 Å². The first kappa shape index (κ1) is 32.6. The van der Waals surface area contributed by atoms with Gasteiger partial charge >= 0.3 is 0 Å². The van der Waals surface area contributed by atoms with Crippen molar-refractivity contribution >= 4 is 40.1 Å². The quantitative estimate of drug-likeness (QED) is 0.175. The number of aromatic nitrogens is 1. The number of nitrogens with zero attached hydrogens (tertiary/aromatic N) is 2. The van der Waals surface area contributed by atoms with E-state index in [0.717, 1.165) is 58.9 Å². The molecule has 0 aliphatic carbocycles. The van der Waals surface area contributed by atoms with Gasteiger partial charge in [-0.05, 0) is 69.5 Å². The van der Waals surface area contributed by atoms with E-state index < -0.39 is 6.43 Å². The number of amides is 1. The summed E-state index contributed by atoms with van der Waals surface area (Å²) < 4.78 is 26.1. The lowest BCUT2D eigenvalue weighted by Crippen LogP contribution is -2.52. The summed E-state index contributed by atoms with van der Waals surface area (Å²) in [5.74, 6) is -0.0632. The molecular formula is C34H39ClF2N4OS. The zero-order valence-corrected chi connectivity index (χ0v) is 26.9. The van der Waals surface area contributed by atoms with Gasteiger partial charge < -0.3 is 15.5 Å². The minimum absolute atomic E-state index is 0.0215. The van der Waals surface area contributed by atoms with Gasteiger partial charge in [0.2, 0.25) is 0 Å². The number of nitrogens with one attached hydrogen (secondary N) is 2. The summed E-state index contributed by atoms with van der Waals surface area (Å²) in [6, 6.07) is 12.0. The number of thiazole rings is 1. The Balaban J connectivity index is 1.81. The Morgan fingerprint density at radius 2 is 1.93 bits per heavy atom. The van der Waals surface area contributed by atoms with E-state index in [2.05, 4.69) is 24.5 Å². The zero-order valence-electron chi connectivity index (χ0n) is 25.3. The summed E-state index contributed by atoms with van der Waals surface area (Å²) in [6.45, 7) is 12.2. The maximum Gasteiger partial charge on any atom is 0.263 e. The van der Waals surface area contributed by atoms with Crippen molar-refractivity contribution in [2.75, 3.05) is 25.0 Å². The van der Waals surface area contributed by atoms with Crippen LogP contribution in [0.4, 0.5) is 14.5 Å². The van der Waals surface area contributed by atoms with Crippen LogP contribution >= 0.6 is 22.9 Å². The summed E-state index contributed by atoms with van der Waals surface area (Å²) in [7, 11) is 0. The maximum absolute atomic E-state index is 14.3. The Hall–Kier alpha value is -3.33. The van der Waals surface area contributed by atoms with Crippen LogP contribution in [-0.2, 0) is 11.2 Å². The molecular weight excluding hydrogens is 586 g/mol. The standard InChI is InChI=1S/C34H39ClF2N4OS/c1-6-7-24-12-13-27(35)18-29(24)39-30(16-21(2)3)28(34(42)41-15-14-38-19-23(41)5)17-22(4)33-40-31(20-43-33)25-8-10-26(11-9-25)32(36)37/h8-13,16-18,20,23,32,38-39H,6-7,14-15,19H2,1-5H3/b22-17+,30-28+. The first-order valence-electron chi connectivity index (χ1n) is 14.6. The fraction of sp³-hybridized carbons (Fsp3) is 0.353. The molecule has 43 heavy (non-hydrogen) atoms. The van der Waals surface area contributed by atoms with E-state index in [1.165, 1.54) is 23.5 Å². The predicted octanol–water partition coefficient (Wildman–Crippen LogP) is 8.91. The number of carbonyl (C=O) groups is 1. The predicted molar refractivity (Wildman–Crippen MR) is 176 cm³/mol. The van der Waals surface area contributed by atoms with Gasteiger partial charge in [-0.25, -0.2) is 13.8 Å². The van der Waals surface area contributed by atoms with Gasteiger partial charge in [-0.1, -0.05) is 60.9 Å². The SMILES string of the molecule is CCCc1ccc(Cl)cc1N/C(C=C(C)C)=C(\C=C(/C)c1nc(-c2ccc(C(F)F)cc2)cs1)C(=O)N1CCNCC1C. The molecule has 1 aliphatic rings. The highest BCUT2D eigenvalue weighted by molar-refractivity contribution is 7.11. The largest absolute Gasteiger partial charge is 0.355 e. The molecule has 2 aromatic carbocycles. The summed E-state index contributed by atoms with van der Waals surface area (Å²) in [4.78, 5) is 21.0. The van der Waals surface area contributed by atoms with Gasteiger partial charge in [0, 0.05) is 52.9 Å². The van der Waals surface area contributed by atoms with Crippen molar-refractivity contribution in [3.8, 4) is 11.3 Å². The van der Waals surface area contributed by atoms with E-state index in [1.807, 2.05) is 61.4 Å². The van der Waals surface area contributed by atoms with E-state index >= 15 is 0 Å². The molecule has 5 nitrogen and oxygen atoms in total. The molecule has 1 atom stereocenters. The van der Waals surface area contributed by atoms with Gasteiger partial charge in [-0.2, -0.15) is 0 Å². The van der Waals surface area contributed by atoms with Crippen molar-refractivity contribution in [1.82, 2.24) is 15.2 Å². The number of rotatable bonds is 10. The summed E-state index contributed by atoms with van der Waals surface area (Å²) in [5, 5.41) is 10.2. The second-order valence-electron chi connectivity index (χ2n) is 11.1. The lowest BCUT2D eigenvalue weighted by Gasteiger charge is -2.34. The molecule has 0 radical (unpaired) electrons. The van der Waals surface area contributed by atoms with E-state index in [9.17, 15) is 13.6 Å². The number of hydrogen-bond acceptors (Lipinski definition) is 5. The van der Waals surface area contributed by atoms with Crippen molar-refractivity contribution in [2.45, 2.75) is 59.9 Å². The number of aryl methyl sites for hydroxylation is 1. The third-order valence-corrected chi connectivity index (χ3v) is 8.45. The summed E-state index contributed by atoms with van der Waals surface area (Å²) >= 11 is 7.88. The fourth-order valence-electron chi connectivity index (χ4n) is 4.98. The smallest absolute Gasteiger partial charge is 0.263 e. The first-order valence-corrected chi connectivity index (χ1v) is 15.8. The topological polar surface area (TPSA) is 57.3 Å². The molecule has 4 rings (SSSR count). The van der Waals surface area contributed by atoms with Crippen LogP contribution in [0.25, 0.3) is 16.8 Å². The molecule has 1 amide bonds. The Labute approximate surface area is 262 Å². The molecule has 1 aromatic heterocycles. The average molecular weight is 625 g/mol. The number of benzene rings is 2. The Bertz CT molecular complexity index is 1520. The highest BCUT2D eigenvalue weighted by atomic mass is 35.5. The zero-order chi connectivity index (χ0) is 31.1. The van der Waals surface area contributed by atoms with Crippen LogP contribution in [0.2, 0.25) is 5.02 Å². The van der Waals surface area contributed by atoms with E-state index in [0.29, 0.717) is 28.5 Å². The number of halogens is 3. The third-order valence-electron chi connectivity index (χ3n) is 7.24. The average Bonchev–Trinajstić information content (AvgIpc) is 3.47. The van der Waals surface area contributed by atoms with Gasteiger partial charge in [-0.3, -0.25) is 4.79 Å². The number of alkyl halides is 2. The van der Waals surface area contributed by atoms with Crippen molar-refractivity contribution in [3.05, 3.63) is 98.0 Å². The van der Waals surface area contributed by atoms with Crippen molar-refractivity contribution in [1.29, 1.82) is 0 Å². The molecule has 2 heterocycles. The summed E-state index contributed by atoms with van der Waals surface area (Å²) in [6.07, 6.45) is 3.23. The van der Waals surface area contributed by atoms with Crippen LogP contribution in [-0.4, -0.2) is 41.5 Å². The second-order valence-corrected chi connectivity index (χ2v) is 12.4. The van der Waals surface area contributed by atoms with Crippen LogP contribution in [0.15, 0.2) is 76.8 Å². The highest BCUT2D eigenvalue weighted by Gasteiger charge is 2.27. The molecule has 1 unspecified atom stereocenters. The van der Waals surface area contributed by atoms with Crippen LogP contribution < -0.4 is 10.6 Å². The molecule has 1 saturated heterocycles. The number of allylic oxidation sites excluding steroid dienone is 3. The second kappa shape index (κ2) is 14.9. The van der Waals surface area contributed by atoms with Crippen molar-refractivity contribution < 1.29 is 13.6 Å². The third kappa shape index (κ3) is 8.40. The van der Waals surface area contributed by atoms with Gasteiger partial charge in [0.15, 0.2) is 0 Å². The minimum atomic E-state index is -2.51.